The summed E-state index contributed by atoms with van der Waals surface area (Å²) in [7, 11) is 0. The summed E-state index contributed by atoms with van der Waals surface area (Å²) in [5.74, 6) is 0. The molecule has 0 heterocycles. The summed E-state index contributed by atoms with van der Waals surface area (Å²) in [6, 6.07) is 0. The van der Waals surface area contributed by atoms with Crippen LogP contribution in [-0.2, 0) is 46.0 Å². The van der Waals surface area contributed by atoms with Crippen molar-refractivity contribution in [1.29, 1.82) is 0 Å². The van der Waals surface area contributed by atoms with Gasteiger partial charge in [-0.1, -0.05) is 0 Å². The minimum Gasteiger partial charge on any atom is -1.00 e. The van der Waals surface area contributed by atoms with Crippen LogP contribution < -0.4 is 24.8 Å². The molecule has 30 heavy (non-hydrogen) atoms. The normalized spacial score (nSPS) is 13.6. The maximum Gasteiger partial charge on any atom is -0.109 e. The van der Waals surface area contributed by atoms with E-state index in [0.29, 0.717) is 0 Å². The fourth-order valence-electron chi connectivity index (χ4n) is 1.36. The number of allylic oxidation sites excluding steroid dienone is 16. The maximum absolute atomic E-state index is 2.99. The third-order valence-electron chi connectivity index (χ3n) is 2.34. The van der Waals surface area contributed by atoms with Crippen molar-refractivity contribution in [2.45, 2.75) is 51.9 Å². The van der Waals surface area contributed by atoms with E-state index in [4.69, 9.17) is 0 Å². The summed E-state index contributed by atoms with van der Waals surface area (Å²) in [5.41, 5.74) is 0.519. The zero-order valence-electron chi connectivity index (χ0n) is 18.5. The van der Waals surface area contributed by atoms with Crippen LogP contribution in [0.15, 0.2) is 72.9 Å². The second kappa shape index (κ2) is 34.3. The molecule has 0 radical (unpaired) electrons. The first-order valence-electron chi connectivity index (χ1n) is 9.37. The summed E-state index contributed by atoms with van der Waals surface area (Å²) in [4.78, 5) is 0. The van der Waals surface area contributed by atoms with Crippen molar-refractivity contribution >= 4 is 11.0 Å². The van der Waals surface area contributed by atoms with Crippen molar-refractivity contribution < 1.29 is 70.8 Å². The van der Waals surface area contributed by atoms with Gasteiger partial charge < -0.3 is 24.8 Å². The largest absolute Gasteiger partial charge is 1.00 e. The van der Waals surface area contributed by atoms with Gasteiger partial charge in [0, 0.05) is 0 Å². The fraction of sp³-hybridized carbons (Fsp3) is 0.333. The SMILES string of the molecule is C[Si](C)=[Hf+2].C[Si](C)=[Hf+2].[C-]1=CC=CC1.[C-]1=CC=CC1.[C-]1=CC=CC1.[C-]1=CC=CC1.[Cl-].[Cl-]. The molecule has 0 aliphatic heterocycles. The molecule has 0 atom stereocenters. The van der Waals surface area contributed by atoms with Crippen LogP contribution in [0.2, 0.25) is 26.2 Å². The van der Waals surface area contributed by atoms with Crippen LogP contribution in [0.1, 0.15) is 25.7 Å². The number of halogens is 2. The molecule has 0 bridgehead atoms. The third kappa shape index (κ3) is 51.4. The molecular weight excluding hydrogens is 772 g/mol. The van der Waals surface area contributed by atoms with Crippen molar-refractivity contribution in [1.82, 2.24) is 0 Å². The Bertz CT molecular complexity index is 494. The molecule has 160 valence electrons. The molecule has 0 amide bonds. The van der Waals surface area contributed by atoms with Crippen molar-refractivity contribution in [3.8, 4) is 0 Å². The quantitative estimate of drug-likeness (QED) is 0.252. The average Bonchev–Trinajstić information content (AvgIpc) is 3.52. The first-order valence-corrected chi connectivity index (χ1v) is 25.1. The van der Waals surface area contributed by atoms with E-state index in [0.717, 1.165) is 25.7 Å². The van der Waals surface area contributed by atoms with Crippen LogP contribution in [-0.4, -0.2) is 11.0 Å². The standard InChI is InChI=1S/4C5H5.2C2H6Si.2ClH.2Hf/c4*1-2-4-5-3-1;2*1-3-2;;;;/h4*1-3H,4H2;2*1-2H3;2*1H;;/q4*-1;;;;;2*+2/p-2. The Morgan fingerprint density at radius 1 is 0.500 bits per heavy atom. The van der Waals surface area contributed by atoms with Crippen LogP contribution in [0.5, 0.6) is 0 Å². The first-order chi connectivity index (χ1) is 13.5. The van der Waals surface area contributed by atoms with Gasteiger partial charge in [-0.15, -0.1) is 25.7 Å². The summed E-state index contributed by atoms with van der Waals surface area (Å²) < 4.78 is 0. The predicted molar refractivity (Wildman–Crippen MR) is 121 cm³/mol. The smallest absolute Gasteiger partial charge is 0.109 e. The van der Waals surface area contributed by atoms with Crippen LogP contribution in [0.4, 0.5) is 0 Å². The first kappa shape index (κ1) is 38.0. The molecule has 4 rings (SSSR count). The van der Waals surface area contributed by atoms with Crippen molar-refractivity contribution in [2.24, 2.45) is 0 Å². The van der Waals surface area contributed by atoms with Gasteiger partial charge in [-0.3, -0.25) is 24.3 Å². The zero-order valence-corrected chi connectivity index (χ0v) is 29.2. The molecule has 0 aromatic heterocycles. The molecule has 0 aromatic carbocycles. The van der Waals surface area contributed by atoms with Crippen LogP contribution in [0, 0.1) is 24.3 Å². The van der Waals surface area contributed by atoms with Gasteiger partial charge in [-0.05, 0) is 0 Å². The molecular formula is C24H32Cl2Hf2Si2-2. The van der Waals surface area contributed by atoms with E-state index in [1.165, 1.54) is 46.0 Å². The maximum atomic E-state index is 2.99. The Kier molecular flexibility index (Phi) is 43.4. The molecule has 6 heteroatoms. The number of hydrogen-bond donors (Lipinski definition) is 0. The Labute approximate surface area is 228 Å². The van der Waals surface area contributed by atoms with E-state index in [1.807, 2.05) is 48.6 Å². The number of hydrogen-bond acceptors (Lipinski definition) is 0. The molecule has 4 aliphatic rings. The van der Waals surface area contributed by atoms with E-state index in [2.05, 4.69) is 74.8 Å². The third-order valence-corrected chi connectivity index (χ3v) is 2.34. The van der Waals surface area contributed by atoms with Crippen LogP contribution in [0.3, 0.4) is 0 Å². The molecule has 0 N–H and O–H groups in total. The molecule has 0 fully saturated rings. The van der Waals surface area contributed by atoms with Gasteiger partial charge in [0.05, 0.1) is 0 Å². The Morgan fingerprint density at radius 2 is 0.667 bits per heavy atom. The Balaban J connectivity index is -0.000000134. The van der Waals surface area contributed by atoms with Crippen molar-refractivity contribution in [3.63, 3.8) is 0 Å². The van der Waals surface area contributed by atoms with Gasteiger partial charge in [0.1, 0.15) is 0 Å². The van der Waals surface area contributed by atoms with E-state index in [-0.39, 0.29) is 35.8 Å². The minimum atomic E-state index is 0. The second-order valence-electron chi connectivity index (χ2n) is 6.01. The summed E-state index contributed by atoms with van der Waals surface area (Å²) in [5, 5.41) is 0. The fourth-order valence-corrected chi connectivity index (χ4v) is 1.36. The average molecular weight is 805 g/mol. The van der Waals surface area contributed by atoms with Crippen molar-refractivity contribution in [3.05, 3.63) is 97.2 Å². The van der Waals surface area contributed by atoms with E-state index in [9.17, 15) is 0 Å². The molecule has 0 unspecified atom stereocenters. The zero-order chi connectivity index (χ0) is 21.3. The van der Waals surface area contributed by atoms with Crippen molar-refractivity contribution in [2.75, 3.05) is 0 Å². The van der Waals surface area contributed by atoms with E-state index < -0.39 is 0 Å². The summed E-state index contributed by atoms with van der Waals surface area (Å²) in [6.07, 6.45) is 40.0. The van der Waals surface area contributed by atoms with Gasteiger partial charge >= 0.3 is 83.2 Å². The molecule has 0 saturated heterocycles. The molecule has 4 aliphatic carbocycles. The van der Waals surface area contributed by atoms with E-state index >= 15 is 0 Å². The molecule has 0 spiro atoms. The van der Waals surface area contributed by atoms with Gasteiger partial charge in [0.25, 0.3) is 0 Å². The topological polar surface area (TPSA) is 0 Å². The Morgan fingerprint density at radius 3 is 0.700 bits per heavy atom. The molecule has 0 nitrogen and oxygen atoms in total. The van der Waals surface area contributed by atoms with Gasteiger partial charge in [0.15, 0.2) is 0 Å². The van der Waals surface area contributed by atoms with Gasteiger partial charge in [-0.2, -0.15) is 24.3 Å². The minimum absolute atomic E-state index is 0. The Hall–Kier alpha value is 0.674. The number of rotatable bonds is 0. The molecule has 0 aromatic rings. The van der Waals surface area contributed by atoms with Gasteiger partial charge in [0.2, 0.25) is 0 Å². The summed E-state index contributed by atoms with van der Waals surface area (Å²) >= 11 is 2.90. The predicted octanol–water partition coefficient (Wildman–Crippen LogP) is 0.799. The van der Waals surface area contributed by atoms with Crippen LogP contribution in [0.25, 0.3) is 0 Å². The van der Waals surface area contributed by atoms with E-state index in [1.54, 1.807) is 0 Å². The summed E-state index contributed by atoms with van der Waals surface area (Å²) in [6.45, 7) is 9.32. The van der Waals surface area contributed by atoms with Gasteiger partial charge in [-0.25, -0.2) is 48.6 Å². The monoisotopic (exact) mass is 806 g/mol. The molecule has 0 saturated carbocycles. The second-order valence-corrected chi connectivity index (χ2v) is 31.6. The van der Waals surface area contributed by atoms with Crippen LogP contribution >= 0.6 is 0 Å².